The van der Waals surface area contributed by atoms with Crippen molar-refractivity contribution in [2.45, 2.75) is 13.0 Å². The lowest BCUT2D eigenvalue weighted by Crippen LogP contribution is -2.07. The molecule has 2 N–H and O–H groups in total. The Kier molecular flexibility index (Phi) is 3.01. The van der Waals surface area contributed by atoms with Crippen molar-refractivity contribution in [2.24, 2.45) is 0 Å². The zero-order valence-corrected chi connectivity index (χ0v) is 9.82. The smallest absolute Gasteiger partial charge is 0.106 e. The molecule has 0 spiro atoms. The van der Waals surface area contributed by atoms with Crippen LogP contribution in [0.4, 0.5) is 5.69 Å². The molecule has 0 aliphatic carbocycles. The Morgan fingerprint density at radius 1 is 1.40 bits per heavy atom. The molecule has 78 valence electrons. The minimum absolute atomic E-state index is 0.190. The number of nitrogens with one attached hydrogen (secondary N) is 2. The quantitative estimate of drug-likeness (QED) is 0.841. The van der Waals surface area contributed by atoms with Crippen molar-refractivity contribution in [2.75, 3.05) is 5.32 Å². The number of aromatic amines is 1. The molecule has 0 amide bonds. The van der Waals surface area contributed by atoms with E-state index in [1.165, 1.54) is 0 Å². The average molecular weight is 267 g/mol. The fraction of sp³-hybridized carbons (Fsp3) is 0.200. The summed E-state index contributed by atoms with van der Waals surface area (Å²) in [6.07, 6.45) is 3.53. The number of aromatic nitrogens is 3. The van der Waals surface area contributed by atoms with E-state index in [0.717, 1.165) is 16.0 Å². The monoisotopic (exact) mass is 266 g/mol. The summed E-state index contributed by atoms with van der Waals surface area (Å²) in [7, 11) is 0. The third-order valence-electron chi connectivity index (χ3n) is 2.10. The summed E-state index contributed by atoms with van der Waals surface area (Å²) in [5.41, 5.74) is 2.04. The average Bonchev–Trinajstić information content (AvgIpc) is 2.74. The minimum Gasteiger partial charge on any atom is -0.376 e. The first-order chi connectivity index (χ1) is 7.25. The van der Waals surface area contributed by atoms with E-state index in [0.29, 0.717) is 0 Å². The summed E-state index contributed by atoms with van der Waals surface area (Å²) < 4.78 is 0.835. The van der Waals surface area contributed by atoms with Crippen LogP contribution in [-0.4, -0.2) is 15.2 Å². The normalized spacial score (nSPS) is 12.4. The maximum Gasteiger partial charge on any atom is 0.106 e. The van der Waals surface area contributed by atoms with Crippen molar-refractivity contribution in [3.8, 4) is 0 Å². The van der Waals surface area contributed by atoms with Crippen molar-refractivity contribution in [3.63, 3.8) is 0 Å². The Morgan fingerprint density at radius 3 is 2.87 bits per heavy atom. The second-order valence-corrected chi connectivity index (χ2v) is 4.06. The summed E-state index contributed by atoms with van der Waals surface area (Å²) in [5, 5.41) is 10.2. The van der Waals surface area contributed by atoms with Gasteiger partial charge in [-0.3, -0.25) is 5.10 Å². The summed E-state index contributed by atoms with van der Waals surface area (Å²) in [5.74, 6) is 0. The van der Waals surface area contributed by atoms with Crippen molar-refractivity contribution < 1.29 is 0 Å². The van der Waals surface area contributed by atoms with Gasteiger partial charge in [-0.15, -0.1) is 0 Å². The third-order valence-corrected chi connectivity index (χ3v) is 2.57. The van der Waals surface area contributed by atoms with Crippen LogP contribution in [0.1, 0.15) is 18.7 Å². The van der Waals surface area contributed by atoms with E-state index >= 15 is 0 Å². The van der Waals surface area contributed by atoms with Crippen molar-refractivity contribution in [1.82, 2.24) is 15.2 Å². The molecule has 2 aromatic rings. The molecule has 1 atom stereocenters. The van der Waals surface area contributed by atoms with Crippen LogP contribution in [0.3, 0.4) is 0 Å². The molecule has 2 rings (SSSR count). The molecule has 4 nitrogen and oxygen atoms in total. The van der Waals surface area contributed by atoms with Crippen LogP contribution in [0.2, 0.25) is 0 Å². The van der Waals surface area contributed by atoms with Gasteiger partial charge in [0.2, 0.25) is 0 Å². The molecule has 0 saturated carbocycles. The lowest BCUT2D eigenvalue weighted by atomic mass is 10.2. The van der Waals surface area contributed by atoms with Gasteiger partial charge < -0.3 is 5.32 Å². The van der Waals surface area contributed by atoms with Gasteiger partial charge in [-0.25, -0.2) is 4.98 Å². The van der Waals surface area contributed by atoms with Gasteiger partial charge in [0.25, 0.3) is 0 Å². The van der Waals surface area contributed by atoms with Crippen LogP contribution in [0, 0.1) is 0 Å². The molecule has 5 heteroatoms. The maximum absolute atomic E-state index is 4.14. The highest BCUT2D eigenvalue weighted by Crippen LogP contribution is 2.17. The Bertz CT molecular complexity index is 409. The molecule has 1 unspecified atom stereocenters. The van der Waals surface area contributed by atoms with Gasteiger partial charge in [0.1, 0.15) is 4.60 Å². The molecular formula is C10H11BrN4. The molecule has 15 heavy (non-hydrogen) atoms. The lowest BCUT2D eigenvalue weighted by molar-refractivity contribution is 0.824. The number of hydrogen-bond donors (Lipinski definition) is 2. The van der Waals surface area contributed by atoms with Crippen molar-refractivity contribution in [3.05, 3.63) is 40.9 Å². The van der Waals surface area contributed by atoms with Gasteiger partial charge in [0.05, 0.1) is 23.6 Å². The highest BCUT2D eigenvalue weighted by Gasteiger charge is 2.05. The van der Waals surface area contributed by atoms with Crippen LogP contribution in [0.15, 0.2) is 35.2 Å². The number of rotatable bonds is 3. The predicted molar refractivity (Wildman–Crippen MR) is 62.6 cm³/mol. The van der Waals surface area contributed by atoms with Crippen LogP contribution >= 0.6 is 15.9 Å². The standard InChI is InChI=1S/C10H11BrN4/c1-7(9-4-5-13-15-9)14-8-2-3-10(11)12-6-8/h2-7,14H,1H3,(H,13,15). The number of H-pyrrole nitrogens is 1. The molecule has 0 aromatic carbocycles. The fourth-order valence-corrected chi connectivity index (χ4v) is 1.53. The minimum atomic E-state index is 0.190. The molecule has 2 aromatic heterocycles. The van der Waals surface area contributed by atoms with Gasteiger partial charge in [-0.05, 0) is 41.1 Å². The first-order valence-corrected chi connectivity index (χ1v) is 5.42. The zero-order chi connectivity index (χ0) is 10.7. The van der Waals surface area contributed by atoms with Crippen molar-refractivity contribution in [1.29, 1.82) is 0 Å². The second-order valence-electron chi connectivity index (χ2n) is 3.25. The van der Waals surface area contributed by atoms with E-state index < -0.39 is 0 Å². The maximum atomic E-state index is 4.14. The van der Waals surface area contributed by atoms with Crippen molar-refractivity contribution >= 4 is 21.6 Å². The van der Waals surface area contributed by atoms with E-state index in [1.807, 2.05) is 18.2 Å². The molecule has 2 heterocycles. The van der Waals surface area contributed by atoms with Gasteiger partial charge in [0.15, 0.2) is 0 Å². The number of nitrogens with zero attached hydrogens (tertiary/aromatic N) is 2. The summed E-state index contributed by atoms with van der Waals surface area (Å²) >= 11 is 3.30. The summed E-state index contributed by atoms with van der Waals surface area (Å²) in [4.78, 5) is 4.14. The highest BCUT2D eigenvalue weighted by atomic mass is 79.9. The number of anilines is 1. The Hall–Kier alpha value is -1.36. The lowest BCUT2D eigenvalue weighted by Gasteiger charge is -2.12. The largest absolute Gasteiger partial charge is 0.376 e. The Labute approximate surface area is 96.3 Å². The van der Waals surface area contributed by atoms with E-state index in [-0.39, 0.29) is 6.04 Å². The molecule has 0 saturated heterocycles. The topological polar surface area (TPSA) is 53.6 Å². The van der Waals surface area contributed by atoms with Crippen LogP contribution < -0.4 is 5.32 Å². The van der Waals surface area contributed by atoms with Crippen LogP contribution in [0.25, 0.3) is 0 Å². The predicted octanol–water partition coefficient (Wildman–Crippen LogP) is 2.74. The Balaban J connectivity index is 2.06. The SMILES string of the molecule is CC(Nc1ccc(Br)nc1)c1ccn[nH]1. The fourth-order valence-electron chi connectivity index (χ4n) is 1.30. The third kappa shape index (κ3) is 2.56. The molecule has 0 fully saturated rings. The van der Waals surface area contributed by atoms with Gasteiger partial charge in [-0.1, -0.05) is 0 Å². The van der Waals surface area contributed by atoms with Gasteiger partial charge in [-0.2, -0.15) is 5.10 Å². The number of pyridine rings is 1. The van der Waals surface area contributed by atoms with E-state index in [9.17, 15) is 0 Å². The molecule has 0 aliphatic heterocycles. The van der Waals surface area contributed by atoms with Gasteiger partial charge in [0, 0.05) is 6.20 Å². The first kappa shape index (κ1) is 10.2. The van der Waals surface area contributed by atoms with E-state index in [2.05, 4.69) is 43.4 Å². The molecule has 0 aliphatic rings. The highest BCUT2D eigenvalue weighted by molar-refractivity contribution is 9.10. The first-order valence-electron chi connectivity index (χ1n) is 4.63. The van der Waals surface area contributed by atoms with Crippen LogP contribution in [-0.2, 0) is 0 Å². The summed E-state index contributed by atoms with van der Waals surface area (Å²) in [6, 6.07) is 6.02. The zero-order valence-electron chi connectivity index (χ0n) is 8.24. The molecular weight excluding hydrogens is 256 g/mol. The van der Waals surface area contributed by atoms with E-state index in [1.54, 1.807) is 12.4 Å². The van der Waals surface area contributed by atoms with E-state index in [4.69, 9.17) is 0 Å². The number of hydrogen-bond acceptors (Lipinski definition) is 3. The second kappa shape index (κ2) is 4.44. The Morgan fingerprint density at radius 2 is 2.27 bits per heavy atom. The van der Waals surface area contributed by atoms with Crippen LogP contribution in [0.5, 0.6) is 0 Å². The summed E-state index contributed by atoms with van der Waals surface area (Å²) in [6.45, 7) is 2.07. The molecule has 0 bridgehead atoms. The number of halogens is 1. The van der Waals surface area contributed by atoms with Gasteiger partial charge >= 0.3 is 0 Å². The molecule has 0 radical (unpaired) electrons.